The van der Waals surface area contributed by atoms with Crippen molar-refractivity contribution in [3.8, 4) is 0 Å². The van der Waals surface area contributed by atoms with E-state index in [1.54, 1.807) is 30.3 Å². The number of ether oxygens (including phenoxy) is 1. The fraction of sp³-hybridized carbons (Fsp3) is 0.316. The minimum atomic E-state index is -3.76. The molecule has 1 N–H and O–H groups in total. The van der Waals surface area contributed by atoms with Crippen molar-refractivity contribution in [1.82, 2.24) is 0 Å². The largest absolute Gasteiger partial charge is 0.478 e. The van der Waals surface area contributed by atoms with Crippen LogP contribution in [0.1, 0.15) is 27.9 Å². The second-order valence-corrected chi connectivity index (χ2v) is 7.43. The zero-order chi connectivity index (χ0) is 19.0. The highest BCUT2D eigenvalue weighted by atomic mass is 32.2. The maximum Gasteiger partial charge on any atom is 0.335 e. The number of hydrogen-bond donors (Lipinski definition) is 1. The van der Waals surface area contributed by atoms with Crippen molar-refractivity contribution < 1.29 is 27.2 Å². The summed E-state index contributed by atoms with van der Waals surface area (Å²) < 4.78 is 34.3. The first kappa shape index (κ1) is 20.1. The molecule has 0 bridgehead atoms. The summed E-state index contributed by atoms with van der Waals surface area (Å²) in [6.45, 7) is 2.43. The normalized spacial score (nSPS) is 11.4. The maximum atomic E-state index is 12.0. The van der Waals surface area contributed by atoms with E-state index in [-0.39, 0.29) is 23.7 Å². The minimum Gasteiger partial charge on any atom is -0.478 e. The average molecular weight is 378 g/mol. The molecule has 26 heavy (non-hydrogen) atoms. The van der Waals surface area contributed by atoms with Gasteiger partial charge in [-0.05, 0) is 49.6 Å². The van der Waals surface area contributed by atoms with E-state index < -0.39 is 16.1 Å². The van der Waals surface area contributed by atoms with Crippen LogP contribution in [0.4, 0.5) is 0 Å². The molecule has 0 saturated carbocycles. The van der Waals surface area contributed by atoms with Crippen molar-refractivity contribution in [2.45, 2.75) is 24.7 Å². The zero-order valence-electron chi connectivity index (χ0n) is 14.6. The third-order valence-electron chi connectivity index (χ3n) is 3.70. The van der Waals surface area contributed by atoms with Crippen molar-refractivity contribution in [3.05, 3.63) is 65.2 Å². The molecular formula is C19H22O6S. The quantitative estimate of drug-likeness (QED) is 0.505. The topological polar surface area (TPSA) is 89.9 Å². The van der Waals surface area contributed by atoms with Gasteiger partial charge in [0.2, 0.25) is 0 Å². The van der Waals surface area contributed by atoms with Gasteiger partial charge in [-0.3, -0.25) is 4.18 Å². The molecule has 6 nitrogen and oxygen atoms in total. The van der Waals surface area contributed by atoms with Crippen molar-refractivity contribution in [3.63, 3.8) is 0 Å². The summed E-state index contributed by atoms with van der Waals surface area (Å²) in [4.78, 5) is 11.0. The van der Waals surface area contributed by atoms with Gasteiger partial charge in [0.05, 0.1) is 23.7 Å². The highest BCUT2D eigenvalue weighted by molar-refractivity contribution is 7.86. The fourth-order valence-electron chi connectivity index (χ4n) is 2.32. The van der Waals surface area contributed by atoms with Crippen molar-refractivity contribution in [2.24, 2.45) is 0 Å². The summed E-state index contributed by atoms with van der Waals surface area (Å²) in [7, 11) is -3.76. The van der Waals surface area contributed by atoms with E-state index in [1.807, 2.05) is 13.0 Å². The number of carboxylic acids is 1. The number of benzene rings is 2. The lowest BCUT2D eigenvalue weighted by Gasteiger charge is -2.07. The van der Waals surface area contributed by atoms with Gasteiger partial charge in [0.15, 0.2) is 0 Å². The van der Waals surface area contributed by atoms with Gasteiger partial charge >= 0.3 is 5.97 Å². The molecule has 0 amide bonds. The van der Waals surface area contributed by atoms with Gasteiger partial charge < -0.3 is 9.84 Å². The maximum absolute atomic E-state index is 12.0. The SMILES string of the molecule is Cc1ccc(S(=O)(=O)OCCOCCCc2cccc(C(=O)O)c2)cc1. The summed E-state index contributed by atoms with van der Waals surface area (Å²) in [5, 5.41) is 8.95. The highest BCUT2D eigenvalue weighted by Crippen LogP contribution is 2.13. The minimum absolute atomic E-state index is 0.0509. The number of carbonyl (C=O) groups is 1. The molecule has 0 heterocycles. The Bertz CT molecular complexity index is 827. The Morgan fingerprint density at radius 2 is 1.77 bits per heavy atom. The molecular weight excluding hydrogens is 356 g/mol. The lowest BCUT2D eigenvalue weighted by atomic mass is 10.1. The third kappa shape index (κ3) is 6.25. The molecule has 2 aromatic carbocycles. The summed E-state index contributed by atoms with van der Waals surface area (Å²) >= 11 is 0. The Morgan fingerprint density at radius 3 is 2.46 bits per heavy atom. The Kier molecular flexibility index (Phi) is 7.32. The molecule has 2 aromatic rings. The van der Waals surface area contributed by atoms with Gasteiger partial charge in [-0.15, -0.1) is 0 Å². The molecule has 0 unspecified atom stereocenters. The summed E-state index contributed by atoms with van der Waals surface area (Å²) in [5.74, 6) is -0.949. The number of rotatable bonds is 10. The van der Waals surface area contributed by atoms with Crippen LogP contribution in [-0.4, -0.2) is 39.3 Å². The molecule has 0 aromatic heterocycles. The van der Waals surface area contributed by atoms with Crippen LogP contribution in [0, 0.1) is 6.92 Å². The molecule has 0 aliphatic carbocycles. The van der Waals surface area contributed by atoms with Crippen LogP contribution in [0.15, 0.2) is 53.4 Å². The second-order valence-electron chi connectivity index (χ2n) is 5.81. The second kappa shape index (κ2) is 9.47. The van der Waals surface area contributed by atoms with Crippen LogP contribution in [0.25, 0.3) is 0 Å². The molecule has 7 heteroatoms. The molecule has 0 saturated heterocycles. The van der Waals surface area contributed by atoms with Gasteiger partial charge in [-0.2, -0.15) is 8.42 Å². The van der Waals surface area contributed by atoms with E-state index >= 15 is 0 Å². The summed E-state index contributed by atoms with van der Waals surface area (Å²) in [6.07, 6.45) is 1.39. The smallest absolute Gasteiger partial charge is 0.335 e. The predicted molar refractivity (Wildman–Crippen MR) is 96.9 cm³/mol. The van der Waals surface area contributed by atoms with E-state index in [2.05, 4.69) is 0 Å². The van der Waals surface area contributed by atoms with E-state index in [1.165, 1.54) is 12.1 Å². The molecule has 0 spiro atoms. The molecule has 0 aliphatic heterocycles. The van der Waals surface area contributed by atoms with Crippen LogP contribution >= 0.6 is 0 Å². The molecule has 140 valence electrons. The summed E-state index contributed by atoms with van der Waals surface area (Å²) in [6, 6.07) is 13.2. The lowest BCUT2D eigenvalue weighted by Crippen LogP contribution is -2.12. The van der Waals surface area contributed by atoms with Gasteiger partial charge in [0.1, 0.15) is 0 Å². The average Bonchev–Trinajstić information content (AvgIpc) is 2.61. The Labute approximate surface area is 153 Å². The number of aryl methyl sites for hydroxylation is 2. The van der Waals surface area contributed by atoms with Gasteiger partial charge in [-0.1, -0.05) is 29.8 Å². The van der Waals surface area contributed by atoms with E-state index in [4.69, 9.17) is 14.0 Å². The van der Waals surface area contributed by atoms with E-state index in [0.717, 1.165) is 11.1 Å². The molecule has 0 aliphatic rings. The van der Waals surface area contributed by atoms with Gasteiger partial charge in [0.25, 0.3) is 10.1 Å². The number of carboxylic acid groups (broad SMARTS) is 1. The van der Waals surface area contributed by atoms with E-state index in [0.29, 0.717) is 19.4 Å². The van der Waals surface area contributed by atoms with Crippen LogP contribution in [0.3, 0.4) is 0 Å². The monoisotopic (exact) mass is 378 g/mol. The van der Waals surface area contributed by atoms with Crippen molar-refractivity contribution in [1.29, 1.82) is 0 Å². The molecule has 2 rings (SSSR count). The Balaban J connectivity index is 1.65. The molecule has 0 radical (unpaired) electrons. The first-order valence-electron chi connectivity index (χ1n) is 8.24. The number of hydrogen-bond acceptors (Lipinski definition) is 5. The standard InChI is InChI=1S/C19H22O6S/c1-15-7-9-18(10-8-15)26(22,23)25-13-12-24-11-3-5-16-4-2-6-17(14-16)19(20)21/h2,4,6-10,14H,3,5,11-13H2,1H3,(H,20,21). The van der Waals surface area contributed by atoms with E-state index in [9.17, 15) is 13.2 Å². The summed E-state index contributed by atoms with van der Waals surface area (Å²) in [5.41, 5.74) is 2.16. The van der Waals surface area contributed by atoms with Crippen LogP contribution < -0.4 is 0 Å². The van der Waals surface area contributed by atoms with Gasteiger partial charge in [0, 0.05) is 6.61 Å². The molecule has 0 fully saturated rings. The number of aromatic carboxylic acids is 1. The Hall–Kier alpha value is -2.22. The third-order valence-corrected chi connectivity index (χ3v) is 5.03. The zero-order valence-corrected chi connectivity index (χ0v) is 15.4. The highest BCUT2D eigenvalue weighted by Gasteiger charge is 2.14. The first-order valence-corrected chi connectivity index (χ1v) is 9.65. The van der Waals surface area contributed by atoms with Crippen molar-refractivity contribution in [2.75, 3.05) is 19.8 Å². The predicted octanol–water partition coefficient (Wildman–Crippen LogP) is 3.05. The van der Waals surface area contributed by atoms with Crippen molar-refractivity contribution >= 4 is 16.1 Å². The Morgan fingerprint density at radius 1 is 1.04 bits per heavy atom. The first-order chi connectivity index (χ1) is 12.4. The van der Waals surface area contributed by atoms with Crippen LogP contribution in [-0.2, 0) is 25.5 Å². The van der Waals surface area contributed by atoms with Gasteiger partial charge in [-0.25, -0.2) is 4.79 Å². The lowest BCUT2D eigenvalue weighted by molar-refractivity contribution is 0.0696. The fourth-order valence-corrected chi connectivity index (χ4v) is 3.21. The van der Waals surface area contributed by atoms with Crippen LogP contribution in [0.2, 0.25) is 0 Å². The van der Waals surface area contributed by atoms with Crippen LogP contribution in [0.5, 0.6) is 0 Å². The molecule has 0 atom stereocenters.